The molecule has 1 amide bonds. The number of nitrogens with zero attached hydrogens (tertiary/aromatic N) is 6. The second-order valence-corrected chi connectivity index (χ2v) is 6.81. The summed E-state index contributed by atoms with van der Waals surface area (Å²) < 4.78 is 3.54. The van der Waals surface area contributed by atoms with Gasteiger partial charge in [0, 0.05) is 32.3 Å². The second-order valence-electron chi connectivity index (χ2n) is 6.45. The van der Waals surface area contributed by atoms with Crippen molar-refractivity contribution in [2.24, 2.45) is 7.05 Å². The fraction of sp³-hybridized carbons (Fsp3) is 0.412. The fourth-order valence-corrected chi connectivity index (χ4v) is 3.80. The van der Waals surface area contributed by atoms with Gasteiger partial charge < -0.3 is 4.90 Å². The first-order chi connectivity index (χ1) is 12.1. The van der Waals surface area contributed by atoms with Crippen LogP contribution in [0.5, 0.6) is 0 Å². The lowest BCUT2D eigenvalue weighted by Crippen LogP contribution is -2.39. The topological polar surface area (TPSA) is 68.3 Å². The molecule has 25 heavy (non-hydrogen) atoms. The van der Waals surface area contributed by atoms with Crippen LogP contribution < -0.4 is 0 Å². The molecule has 1 aliphatic rings. The summed E-state index contributed by atoms with van der Waals surface area (Å²) in [6, 6.07) is 5.84. The Morgan fingerprint density at radius 1 is 1.32 bits per heavy atom. The molecule has 130 valence electrons. The smallest absolute Gasteiger partial charge is 0.258 e. The zero-order valence-electron chi connectivity index (χ0n) is 14.2. The number of hydrogen-bond acceptors (Lipinski definition) is 4. The SMILES string of the molecule is Cc1nn(C)c(Cl)c1C(=O)N1CCCC(c2nnc3ccccn23)C1. The molecule has 1 atom stereocenters. The van der Waals surface area contributed by atoms with E-state index in [4.69, 9.17) is 11.6 Å². The Morgan fingerprint density at radius 2 is 2.16 bits per heavy atom. The number of amides is 1. The maximum Gasteiger partial charge on any atom is 0.258 e. The number of pyridine rings is 1. The van der Waals surface area contributed by atoms with Crippen molar-refractivity contribution in [1.29, 1.82) is 0 Å². The van der Waals surface area contributed by atoms with E-state index in [0.717, 1.165) is 30.9 Å². The maximum atomic E-state index is 13.0. The van der Waals surface area contributed by atoms with Crippen molar-refractivity contribution in [1.82, 2.24) is 29.3 Å². The molecular weight excluding hydrogens is 340 g/mol. The lowest BCUT2D eigenvalue weighted by atomic mass is 9.96. The Hall–Kier alpha value is -2.41. The quantitative estimate of drug-likeness (QED) is 0.705. The van der Waals surface area contributed by atoms with Gasteiger partial charge in [-0.15, -0.1) is 10.2 Å². The zero-order chi connectivity index (χ0) is 17.6. The summed E-state index contributed by atoms with van der Waals surface area (Å²) in [5.41, 5.74) is 1.98. The standard InChI is InChI=1S/C17H19ClN6O/c1-11-14(15(18)22(2)21-11)17(25)23-8-5-6-12(10-23)16-20-19-13-7-3-4-9-24(13)16/h3-4,7,9,12H,5-6,8,10H2,1-2H3. The molecule has 8 heteroatoms. The third-order valence-corrected chi connectivity index (χ3v) is 5.21. The Morgan fingerprint density at radius 3 is 2.92 bits per heavy atom. The molecule has 0 bridgehead atoms. The van der Waals surface area contributed by atoms with Crippen LogP contribution in [0.4, 0.5) is 0 Å². The van der Waals surface area contributed by atoms with Gasteiger partial charge in [-0.25, -0.2) is 0 Å². The van der Waals surface area contributed by atoms with Gasteiger partial charge in [0.1, 0.15) is 11.0 Å². The summed E-state index contributed by atoms with van der Waals surface area (Å²) in [7, 11) is 1.74. The first-order valence-electron chi connectivity index (χ1n) is 8.34. The highest BCUT2D eigenvalue weighted by molar-refractivity contribution is 6.33. The Labute approximate surface area is 150 Å². The minimum Gasteiger partial charge on any atom is -0.338 e. The number of hydrogen-bond donors (Lipinski definition) is 0. The van der Waals surface area contributed by atoms with Crippen molar-refractivity contribution >= 4 is 23.2 Å². The van der Waals surface area contributed by atoms with Crippen LogP contribution in [0.2, 0.25) is 5.15 Å². The van der Waals surface area contributed by atoms with E-state index >= 15 is 0 Å². The third kappa shape index (κ3) is 2.68. The van der Waals surface area contributed by atoms with Gasteiger partial charge in [-0.1, -0.05) is 17.7 Å². The third-order valence-electron chi connectivity index (χ3n) is 4.78. The summed E-state index contributed by atoms with van der Waals surface area (Å²) >= 11 is 6.27. The monoisotopic (exact) mass is 358 g/mol. The fourth-order valence-electron chi connectivity index (χ4n) is 3.54. The molecule has 0 aromatic carbocycles. The highest BCUT2D eigenvalue weighted by atomic mass is 35.5. The van der Waals surface area contributed by atoms with Crippen LogP contribution in [0.1, 0.15) is 40.6 Å². The Bertz CT molecular complexity index is 946. The van der Waals surface area contributed by atoms with E-state index in [1.807, 2.05) is 40.6 Å². The summed E-state index contributed by atoms with van der Waals surface area (Å²) in [5, 5.41) is 13.2. The molecule has 0 radical (unpaired) electrons. The molecule has 1 saturated heterocycles. The van der Waals surface area contributed by atoms with E-state index < -0.39 is 0 Å². The number of aromatic nitrogens is 5. The molecule has 3 aromatic heterocycles. The number of piperidine rings is 1. The minimum absolute atomic E-state index is 0.0610. The van der Waals surface area contributed by atoms with Crippen LogP contribution in [0.3, 0.4) is 0 Å². The van der Waals surface area contributed by atoms with Crippen molar-refractivity contribution in [2.45, 2.75) is 25.7 Å². The van der Waals surface area contributed by atoms with Crippen LogP contribution in [-0.4, -0.2) is 48.3 Å². The predicted octanol–water partition coefficient (Wildman–Crippen LogP) is 2.44. The van der Waals surface area contributed by atoms with Crippen LogP contribution in [0, 0.1) is 6.92 Å². The number of carbonyl (C=O) groups excluding carboxylic acids is 1. The summed E-state index contributed by atoms with van der Waals surface area (Å²) in [4.78, 5) is 14.8. The first-order valence-corrected chi connectivity index (χ1v) is 8.72. The van der Waals surface area contributed by atoms with Crippen molar-refractivity contribution in [3.8, 4) is 0 Å². The van der Waals surface area contributed by atoms with Gasteiger partial charge in [-0.3, -0.25) is 13.9 Å². The Kier molecular flexibility index (Phi) is 3.95. The molecule has 0 saturated carbocycles. The summed E-state index contributed by atoms with van der Waals surface area (Å²) in [6.45, 7) is 3.14. The van der Waals surface area contributed by atoms with E-state index in [1.54, 1.807) is 7.05 Å². The van der Waals surface area contributed by atoms with Gasteiger partial charge in [0.05, 0.1) is 11.3 Å². The van der Waals surface area contributed by atoms with Crippen LogP contribution >= 0.6 is 11.6 Å². The molecule has 1 fully saturated rings. The number of carbonyl (C=O) groups is 1. The first kappa shape index (κ1) is 16.1. The van der Waals surface area contributed by atoms with Crippen LogP contribution in [0.15, 0.2) is 24.4 Å². The van der Waals surface area contributed by atoms with E-state index in [0.29, 0.717) is 23.0 Å². The molecule has 0 N–H and O–H groups in total. The van der Waals surface area contributed by atoms with E-state index in [1.165, 1.54) is 4.68 Å². The number of halogens is 1. The maximum absolute atomic E-state index is 13.0. The molecule has 0 aliphatic carbocycles. The van der Waals surface area contributed by atoms with E-state index in [-0.39, 0.29) is 11.8 Å². The van der Waals surface area contributed by atoms with Gasteiger partial charge in [-0.2, -0.15) is 5.10 Å². The molecule has 7 nitrogen and oxygen atoms in total. The predicted molar refractivity (Wildman–Crippen MR) is 93.8 cm³/mol. The van der Waals surface area contributed by atoms with Gasteiger partial charge in [0.15, 0.2) is 5.65 Å². The van der Waals surface area contributed by atoms with Gasteiger partial charge in [0.2, 0.25) is 0 Å². The van der Waals surface area contributed by atoms with E-state index in [2.05, 4.69) is 15.3 Å². The second kappa shape index (κ2) is 6.15. The minimum atomic E-state index is -0.0610. The van der Waals surface area contributed by atoms with Gasteiger partial charge >= 0.3 is 0 Å². The van der Waals surface area contributed by atoms with Crippen LogP contribution in [0.25, 0.3) is 5.65 Å². The molecule has 4 heterocycles. The zero-order valence-corrected chi connectivity index (χ0v) is 14.9. The van der Waals surface area contributed by atoms with Crippen molar-refractivity contribution in [3.63, 3.8) is 0 Å². The molecule has 1 unspecified atom stereocenters. The molecule has 4 rings (SSSR count). The normalized spacial score (nSPS) is 18.0. The number of likely N-dealkylation sites (tertiary alicyclic amines) is 1. The van der Waals surface area contributed by atoms with Crippen molar-refractivity contribution in [2.75, 3.05) is 13.1 Å². The molecule has 3 aromatic rings. The average molecular weight is 359 g/mol. The molecule has 0 spiro atoms. The van der Waals surface area contributed by atoms with Gasteiger partial charge in [0.25, 0.3) is 5.91 Å². The lowest BCUT2D eigenvalue weighted by molar-refractivity contribution is 0.0703. The van der Waals surface area contributed by atoms with Crippen molar-refractivity contribution < 1.29 is 4.79 Å². The highest BCUT2D eigenvalue weighted by Gasteiger charge is 2.31. The Balaban J connectivity index is 1.62. The highest BCUT2D eigenvalue weighted by Crippen LogP contribution is 2.29. The van der Waals surface area contributed by atoms with Gasteiger partial charge in [-0.05, 0) is 31.9 Å². The van der Waals surface area contributed by atoms with Crippen LogP contribution in [-0.2, 0) is 7.05 Å². The van der Waals surface area contributed by atoms with Crippen molar-refractivity contribution in [3.05, 3.63) is 46.6 Å². The largest absolute Gasteiger partial charge is 0.338 e. The molecular formula is C17H19ClN6O. The average Bonchev–Trinajstić information content (AvgIpc) is 3.16. The number of aryl methyl sites for hydroxylation is 2. The summed E-state index contributed by atoms with van der Waals surface area (Å²) in [5.74, 6) is 1.00. The number of fused-ring (bicyclic) bond motifs is 1. The van der Waals surface area contributed by atoms with E-state index in [9.17, 15) is 4.79 Å². The summed E-state index contributed by atoms with van der Waals surface area (Å²) in [6.07, 6.45) is 3.88. The number of rotatable bonds is 2. The lowest BCUT2D eigenvalue weighted by Gasteiger charge is -2.32. The molecule has 1 aliphatic heterocycles.